The van der Waals surface area contributed by atoms with Crippen LogP contribution in [0.1, 0.15) is 0 Å². The van der Waals surface area contributed by atoms with E-state index in [4.69, 9.17) is 15.0 Å². The molecule has 69 heavy (non-hydrogen) atoms. The van der Waals surface area contributed by atoms with E-state index in [1.165, 1.54) is 52.9 Å². The molecule has 0 bridgehead atoms. The Balaban J connectivity index is 0.991. The highest BCUT2D eigenvalue weighted by atomic mass is 32.1. The summed E-state index contributed by atoms with van der Waals surface area (Å²) in [5.41, 5.74) is 14.2. The van der Waals surface area contributed by atoms with Crippen molar-refractivity contribution in [1.82, 2.24) is 24.1 Å². The van der Waals surface area contributed by atoms with Gasteiger partial charge in [0, 0.05) is 65.1 Å². The predicted molar refractivity (Wildman–Crippen MR) is 289 cm³/mol. The van der Waals surface area contributed by atoms with E-state index >= 15 is 0 Å². The van der Waals surface area contributed by atoms with E-state index < -0.39 is 0 Å². The molecule has 0 atom stereocenters. The molecule has 0 fully saturated rings. The average molecular weight is 898 g/mol. The van der Waals surface area contributed by atoms with Gasteiger partial charge in [-0.05, 0) is 70.8 Å². The molecule has 0 aliphatic heterocycles. The molecule has 0 unspecified atom stereocenters. The fourth-order valence-corrected chi connectivity index (χ4v) is 11.6. The van der Waals surface area contributed by atoms with Gasteiger partial charge in [-0.25, -0.2) is 15.0 Å². The van der Waals surface area contributed by atoms with Crippen LogP contribution in [0.2, 0.25) is 0 Å². The molecule has 0 spiro atoms. The van der Waals surface area contributed by atoms with Gasteiger partial charge in [0.25, 0.3) is 0 Å². The van der Waals surface area contributed by atoms with Gasteiger partial charge in [-0.1, -0.05) is 188 Å². The van der Waals surface area contributed by atoms with Gasteiger partial charge in [0.2, 0.25) is 0 Å². The molecule has 5 nitrogen and oxygen atoms in total. The van der Waals surface area contributed by atoms with Gasteiger partial charge in [-0.2, -0.15) is 0 Å². The summed E-state index contributed by atoms with van der Waals surface area (Å²) in [7, 11) is 0. The lowest BCUT2D eigenvalue weighted by Crippen LogP contribution is -2.02. The molecule has 10 aromatic carbocycles. The van der Waals surface area contributed by atoms with Crippen molar-refractivity contribution < 1.29 is 0 Å². The van der Waals surface area contributed by atoms with Crippen LogP contribution < -0.4 is 0 Å². The van der Waals surface area contributed by atoms with Crippen LogP contribution in [-0.4, -0.2) is 24.1 Å². The molecule has 14 rings (SSSR count). The third-order valence-corrected chi connectivity index (χ3v) is 14.8. The normalized spacial score (nSPS) is 11.8. The second kappa shape index (κ2) is 15.8. The first kappa shape index (κ1) is 39.2. The zero-order valence-electron chi connectivity index (χ0n) is 37.2. The molecule has 4 aromatic heterocycles. The molecule has 0 aliphatic carbocycles. The average Bonchev–Trinajstić information content (AvgIpc) is 4.09. The van der Waals surface area contributed by atoms with Crippen molar-refractivity contribution in [1.29, 1.82) is 0 Å². The summed E-state index contributed by atoms with van der Waals surface area (Å²) in [5, 5.41) is 7.30. The third-order valence-electron chi connectivity index (χ3n) is 13.6. The van der Waals surface area contributed by atoms with Gasteiger partial charge in [0.15, 0.2) is 17.5 Å². The highest BCUT2D eigenvalue weighted by Gasteiger charge is 2.23. The number of aromatic nitrogens is 5. The number of benzene rings is 10. The molecule has 0 N–H and O–H groups in total. The Morgan fingerprint density at radius 2 is 0.768 bits per heavy atom. The lowest BCUT2D eigenvalue weighted by Gasteiger charge is -2.13. The third kappa shape index (κ3) is 6.41. The van der Waals surface area contributed by atoms with Crippen molar-refractivity contribution in [3.05, 3.63) is 237 Å². The van der Waals surface area contributed by atoms with Crippen molar-refractivity contribution >= 4 is 75.1 Å². The fourth-order valence-electron chi connectivity index (χ4n) is 10.4. The quantitative estimate of drug-likeness (QED) is 0.160. The Labute approximate surface area is 401 Å². The molecule has 0 radical (unpaired) electrons. The van der Waals surface area contributed by atoms with Crippen LogP contribution in [-0.2, 0) is 0 Å². The molecule has 0 amide bonds. The van der Waals surface area contributed by atoms with Gasteiger partial charge in [-0.15, -0.1) is 11.3 Å². The van der Waals surface area contributed by atoms with Crippen LogP contribution in [0.15, 0.2) is 237 Å². The predicted octanol–water partition coefficient (Wildman–Crippen LogP) is 16.8. The number of hydrogen-bond acceptors (Lipinski definition) is 4. The Bertz CT molecular complexity index is 4110. The van der Waals surface area contributed by atoms with Gasteiger partial charge in [-0.3, -0.25) is 0 Å². The van der Waals surface area contributed by atoms with Crippen LogP contribution in [0.25, 0.3) is 132 Å². The van der Waals surface area contributed by atoms with Crippen molar-refractivity contribution in [3.63, 3.8) is 0 Å². The number of hydrogen-bond donors (Lipinski definition) is 0. The van der Waals surface area contributed by atoms with Crippen LogP contribution in [0.4, 0.5) is 0 Å². The van der Waals surface area contributed by atoms with Gasteiger partial charge < -0.3 is 9.13 Å². The molecular weight excluding hydrogens is 859 g/mol. The summed E-state index contributed by atoms with van der Waals surface area (Å²) in [6, 6.07) is 84.3. The number of fused-ring (bicyclic) bond motifs is 10. The van der Waals surface area contributed by atoms with Crippen molar-refractivity contribution in [2.24, 2.45) is 0 Å². The topological polar surface area (TPSA) is 48.5 Å². The first-order valence-corrected chi connectivity index (χ1v) is 24.1. The Morgan fingerprint density at radius 1 is 0.290 bits per heavy atom. The summed E-state index contributed by atoms with van der Waals surface area (Å²) < 4.78 is 7.33. The van der Waals surface area contributed by atoms with Crippen molar-refractivity contribution in [3.8, 4) is 67.8 Å². The molecule has 14 aromatic rings. The molecule has 6 heteroatoms. The lowest BCUT2D eigenvalue weighted by molar-refractivity contribution is 1.07. The van der Waals surface area contributed by atoms with Crippen LogP contribution >= 0.6 is 11.3 Å². The van der Waals surface area contributed by atoms with E-state index in [2.05, 4.69) is 234 Å². The largest absolute Gasteiger partial charge is 0.309 e. The highest BCUT2D eigenvalue weighted by molar-refractivity contribution is 7.26. The zero-order valence-corrected chi connectivity index (χ0v) is 38.0. The number of thiophene rings is 1. The maximum Gasteiger partial charge on any atom is 0.166 e. The van der Waals surface area contributed by atoms with E-state index in [0.29, 0.717) is 17.5 Å². The standard InChI is InChI=1S/C63H39N5S/c1-4-15-40(16-5-1)42-27-31-44(32-28-42)61-64-62(45-33-29-43(30-34-45)41-17-6-2-7-18-41)66-63(65-61)53-24-14-23-50-51-36-37-52-54-39-47(67-55-25-12-10-21-48(55)49-22-11-13-26-56(49)67)35-38-57(54)69-60(52)59(51)68(58(50)53)46-19-8-3-9-20-46/h1-39H. The first-order valence-electron chi connectivity index (χ1n) is 23.3. The zero-order chi connectivity index (χ0) is 45.4. The molecule has 0 aliphatic rings. The monoisotopic (exact) mass is 897 g/mol. The minimum atomic E-state index is 0.614. The lowest BCUT2D eigenvalue weighted by atomic mass is 10.0. The maximum absolute atomic E-state index is 5.36. The van der Waals surface area contributed by atoms with Crippen LogP contribution in [0, 0.1) is 0 Å². The summed E-state index contributed by atoms with van der Waals surface area (Å²) in [4.78, 5) is 15.9. The summed E-state index contributed by atoms with van der Waals surface area (Å²) in [6.45, 7) is 0. The SMILES string of the molecule is c1ccc(-c2ccc(-c3nc(-c4ccc(-c5ccccc5)cc4)nc(-c4cccc5c6ccc7c8cc(-n9c%10ccccc%10c%10ccccc%109)ccc8sc7c6n(-c6ccccc6)c45)n3)cc2)cc1. The van der Waals surface area contributed by atoms with Crippen molar-refractivity contribution in [2.45, 2.75) is 0 Å². The van der Waals surface area contributed by atoms with E-state index in [0.717, 1.165) is 61.2 Å². The van der Waals surface area contributed by atoms with Crippen LogP contribution in [0.5, 0.6) is 0 Å². The maximum atomic E-state index is 5.36. The summed E-state index contributed by atoms with van der Waals surface area (Å²) >= 11 is 1.86. The Kier molecular flexibility index (Phi) is 9.00. The van der Waals surface area contributed by atoms with Crippen molar-refractivity contribution in [2.75, 3.05) is 0 Å². The molecule has 0 saturated carbocycles. The molecular formula is C63H39N5S. The second-order valence-corrected chi connectivity index (χ2v) is 18.6. The number of para-hydroxylation sites is 4. The Hall–Kier alpha value is -8.97. The highest BCUT2D eigenvalue weighted by Crippen LogP contribution is 2.46. The number of rotatable bonds is 7. The molecule has 0 saturated heterocycles. The van der Waals surface area contributed by atoms with Gasteiger partial charge >= 0.3 is 0 Å². The summed E-state index contributed by atoms with van der Waals surface area (Å²) in [5.74, 6) is 1.85. The minimum absolute atomic E-state index is 0.614. The van der Waals surface area contributed by atoms with Gasteiger partial charge in [0.1, 0.15) is 0 Å². The summed E-state index contributed by atoms with van der Waals surface area (Å²) in [6.07, 6.45) is 0. The van der Waals surface area contributed by atoms with E-state index in [1.807, 2.05) is 23.5 Å². The Morgan fingerprint density at radius 3 is 1.38 bits per heavy atom. The fraction of sp³-hybridized carbons (Fsp3) is 0. The number of nitrogens with zero attached hydrogens (tertiary/aromatic N) is 5. The van der Waals surface area contributed by atoms with E-state index in [-0.39, 0.29) is 0 Å². The molecule has 4 heterocycles. The molecule has 322 valence electrons. The second-order valence-electron chi connectivity index (χ2n) is 17.6. The van der Waals surface area contributed by atoms with E-state index in [1.54, 1.807) is 0 Å². The first-order chi connectivity index (χ1) is 34.2. The minimum Gasteiger partial charge on any atom is -0.309 e. The smallest absolute Gasteiger partial charge is 0.166 e. The van der Waals surface area contributed by atoms with Crippen LogP contribution in [0.3, 0.4) is 0 Å². The van der Waals surface area contributed by atoms with Gasteiger partial charge in [0.05, 0.1) is 26.8 Å². The van der Waals surface area contributed by atoms with E-state index in [9.17, 15) is 0 Å².